The van der Waals surface area contributed by atoms with Crippen LogP contribution in [-0.4, -0.2) is 22.3 Å². The second kappa shape index (κ2) is 4.75. The fourth-order valence-electron chi connectivity index (χ4n) is 2.15. The van der Waals surface area contributed by atoms with Crippen LogP contribution < -0.4 is 0 Å². The number of pyridine rings is 1. The zero-order valence-electron chi connectivity index (χ0n) is 8.97. The molecule has 0 radical (unpaired) electrons. The third kappa shape index (κ3) is 2.03. The van der Waals surface area contributed by atoms with E-state index in [-0.39, 0.29) is 18.4 Å². The molecule has 82 valence electrons. The highest BCUT2D eigenvalue weighted by Gasteiger charge is 2.29. The van der Waals surface area contributed by atoms with Crippen LogP contribution in [0.2, 0.25) is 0 Å². The molecule has 1 fully saturated rings. The lowest BCUT2D eigenvalue weighted by Gasteiger charge is -2.23. The molecule has 0 saturated carbocycles. The molecule has 1 amide bonds. The van der Waals surface area contributed by atoms with Gasteiger partial charge in [-0.3, -0.25) is 9.78 Å². The first kappa shape index (κ1) is 10.6. The van der Waals surface area contributed by atoms with E-state index >= 15 is 0 Å². The Morgan fingerprint density at radius 1 is 1.69 bits per heavy atom. The van der Waals surface area contributed by atoms with E-state index in [0.717, 1.165) is 24.9 Å². The largest absolute Gasteiger partial charge is 0.335 e. The number of hydrogen-bond donors (Lipinski definition) is 0. The molecule has 4 heteroatoms. The summed E-state index contributed by atoms with van der Waals surface area (Å²) in [5, 5.41) is 8.54. The first-order valence-electron chi connectivity index (χ1n) is 5.39. The van der Waals surface area contributed by atoms with E-state index in [1.807, 2.05) is 18.2 Å². The van der Waals surface area contributed by atoms with Crippen LogP contribution in [0.5, 0.6) is 0 Å². The quantitative estimate of drug-likeness (QED) is 0.753. The minimum Gasteiger partial charge on any atom is -0.335 e. The Kier molecular flexibility index (Phi) is 3.16. The lowest BCUT2D eigenvalue weighted by atomic mass is 10.1. The van der Waals surface area contributed by atoms with Gasteiger partial charge in [-0.25, -0.2) is 0 Å². The monoisotopic (exact) mass is 215 g/mol. The number of hydrogen-bond acceptors (Lipinski definition) is 3. The summed E-state index contributed by atoms with van der Waals surface area (Å²) in [5.41, 5.74) is 1.06. The molecular formula is C12H13N3O. The molecule has 0 bridgehead atoms. The van der Waals surface area contributed by atoms with Gasteiger partial charge in [-0.05, 0) is 24.5 Å². The summed E-state index contributed by atoms with van der Waals surface area (Å²) in [6, 6.07) is 5.87. The third-order valence-corrected chi connectivity index (χ3v) is 2.87. The van der Waals surface area contributed by atoms with Crippen molar-refractivity contribution in [2.45, 2.75) is 25.3 Å². The highest BCUT2D eigenvalue weighted by atomic mass is 16.2. The van der Waals surface area contributed by atoms with Crippen molar-refractivity contribution >= 4 is 5.91 Å². The Morgan fingerprint density at radius 2 is 2.56 bits per heavy atom. The number of nitriles is 1. The fraction of sp³-hybridized carbons (Fsp3) is 0.417. The van der Waals surface area contributed by atoms with Gasteiger partial charge in [0, 0.05) is 18.9 Å². The van der Waals surface area contributed by atoms with Crippen LogP contribution >= 0.6 is 0 Å². The number of aromatic nitrogens is 1. The van der Waals surface area contributed by atoms with E-state index in [4.69, 9.17) is 5.26 Å². The topological polar surface area (TPSA) is 57.0 Å². The lowest BCUT2D eigenvalue weighted by molar-refractivity contribution is -0.131. The molecule has 16 heavy (non-hydrogen) atoms. The Balaban J connectivity index is 2.16. The van der Waals surface area contributed by atoms with E-state index in [2.05, 4.69) is 4.98 Å². The van der Waals surface area contributed by atoms with Crippen molar-refractivity contribution in [3.8, 4) is 6.07 Å². The Labute approximate surface area is 94.5 Å². The van der Waals surface area contributed by atoms with Crippen LogP contribution in [0.3, 0.4) is 0 Å². The van der Waals surface area contributed by atoms with Gasteiger partial charge in [0.15, 0.2) is 0 Å². The minimum atomic E-state index is -0.0751. The van der Waals surface area contributed by atoms with Crippen molar-refractivity contribution in [2.24, 2.45) is 0 Å². The van der Waals surface area contributed by atoms with Crippen molar-refractivity contribution in [1.29, 1.82) is 5.26 Å². The zero-order chi connectivity index (χ0) is 11.4. The molecule has 0 N–H and O–H groups in total. The molecule has 0 aromatic carbocycles. The molecule has 4 nitrogen and oxygen atoms in total. The first-order chi connectivity index (χ1) is 7.83. The maximum Gasteiger partial charge on any atom is 0.237 e. The van der Waals surface area contributed by atoms with Crippen LogP contribution in [-0.2, 0) is 4.79 Å². The predicted octanol–water partition coefficient (Wildman–Crippen LogP) is 1.66. The Bertz CT molecular complexity index is 410. The summed E-state index contributed by atoms with van der Waals surface area (Å²) in [4.78, 5) is 17.6. The number of carbonyl (C=O) groups is 1. The number of likely N-dealkylation sites (tertiary alicyclic amines) is 1. The first-order valence-corrected chi connectivity index (χ1v) is 5.39. The molecule has 1 aliphatic rings. The number of carbonyl (C=O) groups excluding carboxylic acids is 1. The molecule has 0 spiro atoms. The minimum absolute atomic E-state index is 0.0310. The van der Waals surface area contributed by atoms with Gasteiger partial charge in [0.1, 0.15) is 6.42 Å². The molecule has 2 heterocycles. The average molecular weight is 215 g/mol. The number of nitrogens with zero attached hydrogens (tertiary/aromatic N) is 3. The third-order valence-electron chi connectivity index (χ3n) is 2.87. The van der Waals surface area contributed by atoms with E-state index < -0.39 is 0 Å². The summed E-state index contributed by atoms with van der Waals surface area (Å²) in [7, 11) is 0. The van der Waals surface area contributed by atoms with E-state index in [1.165, 1.54) is 0 Å². The van der Waals surface area contributed by atoms with Crippen LogP contribution in [0.25, 0.3) is 0 Å². The number of amides is 1. The van der Waals surface area contributed by atoms with Crippen molar-refractivity contribution in [1.82, 2.24) is 9.88 Å². The molecule has 1 aromatic heterocycles. The molecule has 0 aliphatic carbocycles. The maximum atomic E-state index is 11.7. The fourth-order valence-corrected chi connectivity index (χ4v) is 2.15. The normalized spacial score (nSPS) is 19.4. The van der Waals surface area contributed by atoms with Crippen LogP contribution in [0, 0.1) is 11.3 Å². The zero-order valence-corrected chi connectivity index (χ0v) is 8.97. The predicted molar refractivity (Wildman–Crippen MR) is 58.2 cm³/mol. The smallest absolute Gasteiger partial charge is 0.237 e. The molecule has 2 rings (SSSR count). The van der Waals surface area contributed by atoms with Crippen LogP contribution in [0.1, 0.15) is 30.9 Å². The highest BCUT2D eigenvalue weighted by Crippen LogP contribution is 2.31. The van der Waals surface area contributed by atoms with Crippen LogP contribution in [0.15, 0.2) is 24.5 Å². The van der Waals surface area contributed by atoms with E-state index in [1.54, 1.807) is 17.3 Å². The van der Waals surface area contributed by atoms with E-state index in [0.29, 0.717) is 0 Å². The van der Waals surface area contributed by atoms with Crippen LogP contribution in [0.4, 0.5) is 0 Å². The summed E-state index contributed by atoms with van der Waals surface area (Å²) in [6.07, 6.45) is 5.44. The van der Waals surface area contributed by atoms with Gasteiger partial charge < -0.3 is 4.90 Å². The summed E-state index contributed by atoms with van der Waals surface area (Å²) < 4.78 is 0. The standard InChI is InChI=1S/C12H13N3O/c13-6-5-12(16)15-8-2-4-11(15)10-3-1-7-14-9-10/h1,3,7,9,11H,2,4-5,8H2/t11-/m0/s1. The average Bonchev–Trinajstić information content (AvgIpc) is 2.79. The van der Waals surface area contributed by atoms with Gasteiger partial charge in [0.05, 0.1) is 12.1 Å². The second-order valence-electron chi connectivity index (χ2n) is 3.87. The molecule has 1 atom stereocenters. The maximum absolute atomic E-state index is 11.7. The van der Waals surface area contributed by atoms with Gasteiger partial charge >= 0.3 is 0 Å². The Morgan fingerprint density at radius 3 is 3.25 bits per heavy atom. The van der Waals surface area contributed by atoms with Gasteiger partial charge in [-0.15, -0.1) is 0 Å². The highest BCUT2D eigenvalue weighted by molar-refractivity contribution is 5.79. The number of rotatable bonds is 2. The molecule has 1 aliphatic heterocycles. The second-order valence-corrected chi connectivity index (χ2v) is 3.87. The van der Waals surface area contributed by atoms with E-state index in [9.17, 15) is 4.79 Å². The molecular weight excluding hydrogens is 202 g/mol. The summed E-state index contributed by atoms with van der Waals surface area (Å²) >= 11 is 0. The molecule has 1 aromatic rings. The van der Waals surface area contributed by atoms with Gasteiger partial charge in [-0.1, -0.05) is 6.07 Å². The lowest BCUT2D eigenvalue weighted by Crippen LogP contribution is -2.30. The van der Waals surface area contributed by atoms with Gasteiger partial charge in [-0.2, -0.15) is 5.26 Å². The SMILES string of the molecule is N#CCC(=O)N1CCC[C@H]1c1cccnc1. The molecule has 1 saturated heterocycles. The van der Waals surface area contributed by atoms with Crippen molar-refractivity contribution in [2.75, 3.05) is 6.54 Å². The summed E-state index contributed by atoms with van der Waals surface area (Å²) in [6.45, 7) is 0.750. The van der Waals surface area contributed by atoms with Crippen molar-refractivity contribution < 1.29 is 4.79 Å². The molecule has 0 unspecified atom stereocenters. The summed E-state index contributed by atoms with van der Waals surface area (Å²) in [5.74, 6) is -0.0751. The van der Waals surface area contributed by atoms with Crippen molar-refractivity contribution in [3.05, 3.63) is 30.1 Å². The van der Waals surface area contributed by atoms with Gasteiger partial charge in [0.2, 0.25) is 5.91 Å². The Hall–Kier alpha value is -1.89. The van der Waals surface area contributed by atoms with Crippen molar-refractivity contribution in [3.63, 3.8) is 0 Å². The van der Waals surface area contributed by atoms with Gasteiger partial charge in [0.25, 0.3) is 0 Å².